The number of thiazole rings is 1. The number of hydrogen-bond acceptors (Lipinski definition) is 4. The van der Waals surface area contributed by atoms with Crippen molar-refractivity contribution >= 4 is 38.8 Å². The topological polar surface area (TPSA) is 45.2 Å². The van der Waals surface area contributed by atoms with Crippen LogP contribution in [-0.2, 0) is 4.79 Å². The summed E-state index contributed by atoms with van der Waals surface area (Å²) in [6.07, 6.45) is 0. The van der Waals surface area contributed by atoms with Crippen LogP contribution in [-0.4, -0.2) is 24.5 Å². The van der Waals surface area contributed by atoms with Gasteiger partial charge in [-0.25, -0.2) is 4.98 Å². The van der Waals surface area contributed by atoms with Crippen molar-refractivity contribution in [2.45, 2.75) is 0 Å². The first kappa shape index (κ1) is 17.2. The van der Waals surface area contributed by atoms with Gasteiger partial charge in [-0.2, -0.15) is 0 Å². The number of benzene rings is 3. The molecular formula is C22H19N3OS. The number of hydrogen-bond donors (Lipinski definition) is 1. The summed E-state index contributed by atoms with van der Waals surface area (Å²) in [5.74, 6) is -0.0826. The van der Waals surface area contributed by atoms with Crippen molar-refractivity contribution in [3.63, 3.8) is 0 Å². The fourth-order valence-electron chi connectivity index (χ4n) is 2.96. The van der Waals surface area contributed by atoms with Crippen molar-refractivity contribution in [3.8, 4) is 11.3 Å². The Hall–Kier alpha value is -3.18. The number of likely N-dealkylation sites (N-methyl/N-ethyl adjacent to an activating group) is 1. The van der Waals surface area contributed by atoms with Crippen molar-refractivity contribution in [2.24, 2.45) is 0 Å². The van der Waals surface area contributed by atoms with Crippen LogP contribution in [0.4, 0.5) is 10.8 Å². The minimum atomic E-state index is -0.0826. The van der Waals surface area contributed by atoms with E-state index in [1.165, 1.54) is 22.1 Å². The first-order valence-corrected chi connectivity index (χ1v) is 9.58. The van der Waals surface area contributed by atoms with Crippen molar-refractivity contribution in [1.82, 2.24) is 4.98 Å². The summed E-state index contributed by atoms with van der Waals surface area (Å²) in [5.41, 5.74) is 2.92. The number of fused-ring (bicyclic) bond motifs is 1. The van der Waals surface area contributed by atoms with Gasteiger partial charge in [0, 0.05) is 23.7 Å². The number of nitrogens with zero attached hydrogens (tertiary/aromatic N) is 2. The lowest BCUT2D eigenvalue weighted by atomic mass is 10.1. The fraction of sp³-hybridized carbons (Fsp3) is 0.0909. The SMILES string of the molecule is CN(CC(=O)Nc1nc(-c2ccc3ccccc3c2)cs1)c1ccccc1. The second-order valence-electron chi connectivity index (χ2n) is 6.34. The van der Waals surface area contributed by atoms with E-state index >= 15 is 0 Å². The highest BCUT2D eigenvalue weighted by Gasteiger charge is 2.11. The van der Waals surface area contributed by atoms with Gasteiger partial charge in [0.2, 0.25) is 5.91 Å². The molecule has 1 amide bonds. The van der Waals surface area contributed by atoms with Gasteiger partial charge >= 0.3 is 0 Å². The second kappa shape index (κ2) is 7.60. The Bertz CT molecular complexity index is 1080. The van der Waals surface area contributed by atoms with Crippen LogP contribution in [0.2, 0.25) is 0 Å². The van der Waals surface area contributed by atoms with E-state index in [0.717, 1.165) is 16.9 Å². The van der Waals surface area contributed by atoms with Gasteiger partial charge in [-0.15, -0.1) is 11.3 Å². The molecule has 27 heavy (non-hydrogen) atoms. The van der Waals surface area contributed by atoms with Crippen molar-refractivity contribution in [1.29, 1.82) is 0 Å². The zero-order valence-corrected chi connectivity index (χ0v) is 15.7. The predicted molar refractivity (Wildman–Crippen MR) is 113 cm³/mol. The Morgan fingerprint density at radius 3 is 2.56 bits per heavy atom. The molecule has 0 saturated heterocycles. The van der Waals surface area contributed by atoms with E-state index in [4.69, 9.17) is 0 Å². The maximum absolute atomic E-state index is 12.3. The zero-order valence-electron chi connectivity index (χ0n) is 14.9. The van der Waals surface area contributed by atoms with Gasteiger partial charge < -0.3 is 10.2 Å². The summed E-state index contributed by atoms with van der Waals surface area (Å²) in [4.78, 5) is 18.8. The van der Waals surface area contributed by atoms with Crippen molar-refractivity contribution in [3.05, 3.63) is 78.2 Å². The van der Waals surface area contributed by atoms with Gasteiger partial charge in [0.1, 0.15) is 0 Å². The van der Waals surface area contributed by atoms with Crippen LogP contribution < -0.4 is 10.2 Å². The fourth-order valence-corrected chi connectivity index (χ4v) is 3.70. The number of nitrogens with one attached hydrogen (secondary N) is 1. The van der Waals surface area contributed by atoms with E-state index < -0.39 is 0 Å². The van der Waals surface area contributed by atoms with Gasteiger partial charge in [-0.3, -0.25) is 4.79 Å². The molecule has 0 bridgehead atoms. The third kappa shape index (κ3) is 3.99. The number of amides is 1. The molecule has 4 rings (SSSR count). The molecule has 5 heteroatoms. The lowest BCUT2D eigenvalue weighted by molar-refractivity contribution is -0.114. The Morgan fingerprint density at radius 2 is 1.74 bits per heavy atom. The highest BCUT2D eigenvalue weighted by atomic mass is 32.1. The van der Waals surface area contributed by atoms with Gasteiger partial charge in [-0.05, 0) is 29.0 Å². The summed E-state index contributed by atoms with van der Waals surface area (Å²) < 4.78 is 0. The predicted octanol–water partition coefficient (Wildman–Crippen LogP) is 5.04. The highest BCUT2D eigenvalue weighted by Crippen LogP contribution is 2.27. The number of anilines is 2. The maximum atomic E-state index is 12.3. The highest BCUT2D eigenvalue weighted by molar-refractivity contribution is 7.14. The summed E-state index contributed by atoms with van der Waals surface area (Å²) >= 11 is 1.44. The Morgan fingerprint density at radius 1 is 1.00 bits per heavy atom. The summed E-state index contributed by atoms with van der Waals surface area (Å²) in [6, 6.07) is 24.4. The van der Waals surface area contributed by atoms with E-state index in [9.17, 15) is 4.79 Å². The van der Waals surface area contributed by atoms with Crippen LogP contribution >= 0.6 is 11.3 Å². The van der Waals surface area contributed by atoms with Crippen molar-refractivity contribution in [2.75, 3.05) is 23.8 Å². The smallest absolute Gasteiger partial charge is 0.245 e. The van der Waals surface area contributed by atoms with Crippen LogP contribution in [0, 0.1) is 0 Å². The van der Waals surface area contributed by atoms with Crippen molar-refractivity contribution < 1.29 is 4.79 Å². The molecule has 0 aliphatic rings. The first-order chi connectivity index (χ1) is 13.2. The second-order valence-corrected chi connectivity index (χ2v) is 7.20. The van der Waals surface area contributed by atoms with Gasteiger partial charge in [-0.1, -0.05) is 54.6 Å². The van der Waals surface area contributed by atoms with Gasteiger partial charge in [0.05, 0.1) is 12.2 Å². The Balaban J connectivity index is 1.45. The molecule has 4 nitrogen and oxygen atoms in total. The lowest BCUT2D eigenvalue weighted by Crippen LogP contribution is -2.29. The molecule has 134 valence electrons. The molecule has 0 saturated carbocycles. The van der Waals surface area contributed by atoms with E-state index in [1.54, 1.807) is 0 Å². The number of carbonyl (C=O) groups is 1. The standard InChI is InChI=1S/C22H19N3OS/c1-25(19-9-3-2-4-10-19)14-21(26)24-22-23-20(15-27-22)18-12-11-16-7-5-6-8-17(16)13-18/h2-13,15H,14H2,1H3,(H,23,24,26). The molecule has 1 aromatic heterocycles. The molecule has 0 aliphatic carbocycles. The van der Waals surface area contributed by atoms with Crippen LogP contribution in [0.5, 0.6) is 0 Å². The maximum Gasteiger partial charge on any atom is 0.245 e. The summed E-state index contributed by atoms with van der Waals surface area (Å²) in [6.45, 7) is 0.273. The molecule has 1 N–H and O–H groups in total. The molecule has 1 heterocycles. The monoisotopic (exact) mass is 373 g/mol. The van der Waals surface area contributed by atoms with Crippen LogP contribution in [0.3, 0.4) is 0 Å². The average Bonchev–Trinajstić information content (AvgIpc) is 3.16. The van der Waals surface area contributed by atoms with E-state index in [1.807, 2.05) is 59.8 Å². The summed E-state index contributed by atoms with van der Waals surface area (Å²) in [7, 11) is 1.90. The number of para-hydroxylation sites is 1. The third-order valence-electron chi connectivity index (χ3n) is 4.37. The quantitative estimate of drug-likeness (QED) is 0.533. The minimum Gasteiger partial charge on any atom is -0.365 e. The largest absolute Gasteiger partial charge is 0.365 e. The van der Waals surface area contributed by atoms with E-state index in [-0.39, 0.29) is 12.5 Å². The molecule has 0 spiro atoms. The molecular weight excluding hydrogens is 354 g/mol. The van der Waals surface area contributed by atoms with Gasteiger partial charge in [0.15, 0.2) is 5.13 Å². The lowest BCUT2D eigenvalue weighted by Gasteiger charge is -2.18. The minimum absolute atomic E-state index is 0.0826. The van der Waals surface area contributed by atoms with E-state index in [2.05, 4.69) is 40.6 Å². The normalized spacial score (nSPS) is 10.7. The number of aromatic nitrogens is 1. The Labute approximate surface area is 162 Å². The molecule has 0 radical (unpaired) electrons. The Kier molecular flexibility index (Phi) is 4.85. The molecule has 0 fully saturated rings. The molecule has 0 unspecified atom stereocenters. The average molecular weight is 373 g/mol. The van der Waals surface area contributed by atoms with Gasteiger partial charge in [0.25, 0.3) is 0 Å². The number of rotatable bonds is 5. The molecule has 4 aromatic rings. The number of carbonyl (C=O) groups excluding carboxylic acids is 1. The van der Waals surface area contributed by atoms with Crippen LogP contribution in [0.15, 0.2) is 78.2 Å². The molecule has 0 atom stereocenters. The molecule has 0 aliphatic heterocycles. The summed E-state index contributed by atoms with van der Waals surface area (Å²) in [5, 5.41) is 7.87. The zero-order chi connectivity index (χ0) is 18.6. The first-order valence-electron chi connectivity index (χ1n) is 8.70. The van der Waals surface area contributed by atoms with E-state index in [0.29, 0.717) is 5.13 Å². The third-order valence-corrected chi connectivity index (χ3v) is 5.13. The van der Waals surface area contributed by atoms with Crippen LogP contribution in [0.1, 0.15) is 0 Å². The van der Waals surface area contributed by atoms with Crippen LogP contribution in [0.25, 0.3) is 22.0 Å². The molecule has 3 aromatic carbocycles.